The van der Waals surface area contributed by atoms with E-state index in [-0.39, 0.29) is 11.5 Å². The van der Waals surface area contributed by atoms with Crippen LogP contribution in [-0.4, -0.2) is 23.9 Å². The molecule has 1 unspecified atom stereocenters. The van der Waals surface area contributed by atoms with E-state index in [1.807, 2.05) is 6.92 Å². The van der Waals surface area contributed by atoms with Gasteiger partial charge in [0.25, 0.3) is 5.91 Å². The first-order valence-corrected chi connectivity index (χ1v) is 6.67. The van der Waals surface area contributed by atoms with Crippen molar-refractivity contribution in [3.05, 3.63) is 35.1 Å². The predicted octanol–water partition coefficient (Wildman–Crippen LogP) is 3.40. The Labute approximate surface area is 108 Å². The molecule has 1 heterocycles. The summed E-state index contributed by atoms with van der Waals surface area (Å²) in [6.07, 6.45) is 3.29. The first-order valence-electron chi connectivity index (χ1n) is 6.67. The molecule has 98 valence electrons. The average Bonchev–Trinajstić information content (AvgIpc) is 2.41. The molecular formula is C15H20FNO. The van der Waals surface area contributed by atoms with Gasteiger partial charge < -0.3 is 4.90 Å². The summed E-state index contributed by atoms with van der Waals surface area (Å²) in [5.41, 5.74) is 1.13. The molecule has 1 saturated heterocycles. The van der Waals surface area contributed by atoms with Gasteiger partial charge in [0, 0.05) is 13.1 Å². The van der Waals surface area contributed by atoms with Crippen LogP contribution >= 0.6 is 0 Å². The summed E-state index contributed by atoms with van der Waals surface area (Å²) in [6, 6.07) is 4.72. The molecular weight excluding hydrogens is 229 g/mol. The van der Waals surface area contributed by atoms with E-state index in [9.17, 15) is 9.18 Å². The van der Waals surface area contributed by atoms with Crippen LogP contribution in [0.25, 0.3) is 0 Å². The number of benzene rings is 1. The Morgan fingerprint density at radius 3 is 3.00 bits per heavy atom. The van der Waals surface area contributed by atoms with Gasteiger partial charge in [0.05, 0.1) is 5.56 Å². The fourth-order valence-electron chi connectivity index (χ4n) is 2.56. The predicted molar refractivity (Wildman–Crippen MR) is 70.1 cm³/mol. The van der Waals surface area contributed by atoms with E-state index in [4.69, 9.17) is 0 Å². The smallest absolute Gasteiger partial charge is 0.256 e. The average molecular weight is 249 g/mol. The summed E-state index contributed by atoms with van der Waals surface area (Å²) in [7, 11) is 0. The van der Waals surface area contributed by atoms with E-state index in [2.05, 4.69) is 6.92 Å². The van der Waals surface area contributed by atoms with Gasteiger partial charge in [-0.05, 0) is 37.8 Å². The summed E-state index contributed by atoms with van der Waals surface area (Å²) in [5.74, 6) is -0.00542. The zero-order valence-corrected chi connectivity index (χ0v) is 11.1. The first-order chi connectivity index (χ1) is 8.61. The van der Waals surface area contributed by atoms with Crippen molar-refractivity contribution >= 4 is 5.91 Å². The van der Waals surface area contributed by atoms with Crippen LogP contribution in [-0.2, 0) is 0 Å². The normalized spacial score (nSPS) is 19.9. The van der Waals surface area contributed by atoms with Gasteiger partial charge in [-0.25, -0.2) is 4.39 Å². The highest BCUT2D eigenvalue weighted by atomic mass is 19.1. The largest absolute Gasteiger partial charge is 0.338 e. The SMILES string of the molecule is CCC1CCCN(C(=O)c2cc(C)ccc2F)C1. The number of aryl methyl sites for hydroxylation is 1. The molecule has 0 aromatic heterocycles. The Morgan fingerprint density at radius 2 is 2.28 bits per heavy atom. The topological polar surface area (TPSA) is 20.3 Å². The first kappa shape index (κ1) is 13.1. The molecule has 0 spiro atoms. The molecule has 0 radical (unpaired) electrons. The maximum atomic E-state index is 13.7. The van der Waals surface area contributed by atoms with Crippen LogP contribution in [0.1, 0.15) is 42.1 Å². The van der Waals surface area contributed by atoms with Gasteiger partial charge in [0.1, 0.15) is 5.82 Å². The Bertz CT molecular complexity index is 444. The van der Waals surface area contributed by atoms with Crippen LogP contribution in [0.2, 0.25) is 0 Å². The van der Waals surface area contributed by atoms with Gasteiger partial charge in [-0.15, -0.1) is 0 Å². The number of halogens is 1. The van der Waals surface area contributed by atoms with Crippen molar-refractivity contribution in [3.8, 4) is 0 Å². The molecule has 1 aliphatic rings. The number of hydrogen-bond donors (Lipinski definition) is 0. The second kappa shape index (κ2) is 5.51. The molecule has 1 fully saturated rings. The second-order valence-corrected chi connectivity index (χ2v) is 5.15. The fourth-order valence-corrected chi connectivity index (χ4v) is 2.56. The molecule has 0 N–H and O–H groups in total. The molecule has 1 aliphatic heterocycles. The van der Waals surface area contributed by atoms with Crippen LogP contribution in [0, 0.1) is 18.7 Å². The highest BCUT2D eigenvalue weighted by Gasteiger charge is 2.25. The molecule has 3 heteroatoms. The van der Waals surface area contributed by atoms with Crippen LogP contribution in [0.5, 0.6) is 0 Å². The molecule has 2 rings (SSSR count). The molecule has 1 amide bonds. The zero-order valence-electron chi connectivity index (χ0n) is 11.1. The molecule has 1 atom stereocenters. The minimum Gasteiger partial charge on any atom is -0.338 e. The van der Waals surface area contributed by atoms with E-state index in [0.29, 0.717) is 5.92 Å². The van der Waals surface area contributed by atoms with Crippen molar-refractivity contribution in [1.82, 2.24) is 4.90 Å². The summed E-state index contributed by atoms with van der Waals surface area (Å²) in [4.78, 5) is 14.1. The van der Waals surface area contributed by atoms with E-state index >= 15 is 0 Å². The number of carbonyl (C=O) groups is 1. The maximum absolute atomic E-state index is 13.7. The zero-order chi connectivity index (χ0) is 13.1. The third kappa shape index (κ3) is 2.71. The molecule has 0 bridgehead atoms. The lowest BCUT2D eigenvalue weighted by atomic mass is 9.95. The molecule has 1 aromatic rings. The van der Waals surface area contributed by atoms with Gasteiger partial charge >= 0.3 is 0 Å². The monoisotopic (exact) mass is 249 g/mol. The summed E-state index contributed by atoms with van der Waals surface area (Å²) in [6.45, 7) is 5.54. The van der Waals surface area contributed by atoms with Gasteiger partial charge in [0.2, 0.25) is 0 Å². The number of hydrogen-bond acceptors (Lipinski definition) is 1. The van der Waals surface area contributed by atoms with Crippen molar-refractivity contribution in [2.75, 3.05) is 13.1 Å². The Morgan fingerprint density at radius 1 is 1.50 bits per heavy atom. The van der Waals surface area contributed by atoms with Crippen LogP contribution in [0.3, 0.4) is 0 Å². The van der Waals surface area contributed by atoms with Crippen LogP contribution < -0.4 is 0 Å². The Hall–Kier alpha value is -1.38. The quantitative estimate of drug-likeness (QED) is 0.786. The van der Waals surface area contributed by atoms with Crippen molar-refractivity contribution in [2.24, 2.45) is 5.92 Å². The van der Waals surface area contributed by atoms with Crippen molar-refractivity contribution in [1.29, 1.82) is 0 Å². The third-order valence-corrected chi connectivity index (χ3v) is 3.74. The molecule has 18 heavy (non-hydrogen) atoms. The van der Waals surface area contributed by atoms with Crippen molar-refractivity contribution in [3.63, 3.8) is 0 Å². The number of amides is 1. The number of likely N-dealkylation sites (tertiary alicyclic amines) is 1. The van der Waals surface area contributed by atoms with E-state index in [1.54, 1.807) is 17.0 Å². The highest BCUT2D eigenvalue weighted by molar-refractivity contribution is 5.94. The minimum atomic E-state index is -0.413. The molecule has 2 nitrogen and oxygen atoms in total. The summed E-state index contributed by atoms with van der Waals surface area (Å²) < 4.78 is 13.7. The number of carbonyl (C=O) groups excluding carboxylic acids is 1. The lowest BCUT2D eigenvalue weighted by Gasteiger charge is -2.32. The highest BCUT2D eigenvalue weighted by Crippen LogP contribution is 2.22. The lowest BCUT2D eigenvalue weighted by Crippen LogP contribution is -2.40. The summed E-state index contributed by atoms with van der Waals surface area (Å²) >= 11 is 0. The van der Waals surface area contributed by atoms with Gasteiger partial charge in [-0.1, -0.05) is 25.0 Å². The summed E-state index contributed by atoms with van der Waals surface area (Å²) in [5, 5.41) is 0. The van der Waals surface area contributed by atoms with E-state index in [1.165, 1.54) is 12.5 Å². The lowest BCUT2D eigenvalue weighted by molar-refractivity contribution is 0.0666. The number of nitrogens with zero attached hydrogens (tertiary/aromatic N) is 1. The Kier molecular flexibility index (Phi) is 4.00. The molecule has 1 aromatic carbocycles. The Balaban J connectivity index is 2.17. The van der Waals surface area contributed by atoms with Crippen molar-refractivity contribution < 1.29 is 9.18 Å². The van der Waals surface area contributed by atoms with E-state index < -0.39 is 5.82 Å². The van der Waals surface area contributed by atoms with E-state index in [0.717, 1.165) is 31.5 Å². The van der Waals surface area contributed by atoms with Crippen LogP contribution in [0.4, 0.5) is 4.39 Å². The fraction of sp³-hybridized carbons (Fsp3) is 0.533. The molecule has 0 saturated carbocycles. The molecule has 0 aliphatic carbocycles. The van der Waals surface area contributed by atoms with Crippen molar-refractivity contribution in [2.45, 2.75) is 33.1 Å². The standard InChI is InChI=1S/C15H20FNO/c1-3-12-5-4-8-17(10-12)15(18)13-9-11(2)6-7-14(13)16/h6-7,9,12H,3-5,8,10H2,1-2H3. The van der Waals surface area contributed by atoms with Gasteiger partial charge in [-0.2, -0.15) is 0 Å². The van der Waals surface area contributed by atoms with Crippen LogP contribution in [0.15, 0.2) is 18.2 Å². The number of rotatable bonds is 2. The minimum absolute atomic E-state index is 0.158. The second-order valence-electron chi connectivity index (χ2n) is 5.15. The van der Waals surface area contributed by atoms with Gasteiger partial charge in [0.15, 0.2) is 0 Å². The number of piperidine rings is 1. The third-order valence-electron chi connectivity index (χ3n) is 3.74. The van der Waals surface area contributed by atoms with Gasteiger partial charge in [-0.3, -0.25) is 4.79 Å². The maximum Gasteiger partial charge on any atom is 0.256 e.